The van der Waals surface area contributed by atoms with Crippen LogP contribution in [0.15, 0.2) is 60.7 Å². The Labute approximate surface area is 261 Å². The van der Waals surface area contributed by atoms with Crippen LogP contribution in [0.1, 0.15) is 41.3 Å². The fourth-order valence-electron chi connectivity index (χ4n) is 5.86. The van der Waals surface area contributed by atoms with Gasteiger partial charge in [-0.3, -0.25) is 14.4 Å². The van der Waals surface area contributed by atoms with Gasteiger partial charge in [-0.05, 0) is 66.4 Å². The molecular formula is C34H37N3O8. The molecule has 1 N–H and O–H groups in total. The van der Waals surface area contributed by atoms with E-state index in [1.807, 2.05) is 49.4 Å². The van der Waals surface area contributed by atoms with Gasteiger partial charge in [-0.25, -0.2) is 0 Å². The first-order valence-electron chi connectivity index (χ1n) is 15.2. The second-order valence-electron chi connectivity index (χ2n) is 11.4. The van der Waals surface area contributed by atoms with Crippen molar-refractivity contribution in [3.8, 4) is 28.7 Å². The molecule has 0 spiro atoms. The standard InChI is InChI=1S/C34H37N3O8/c1-3-12-37-19-32(38)35-26-11-13-36(33(39)16-22-7-9-28-29(15-22)44-21-43-28)18-31(26)42-20-23-5-4-6-25(14-23)45-30-17-24(34(37)40)8-10-27(30)41-2/h4-10,14-15,17,26,31H,3,11-13,16,18-21H2,1-2H3,(H,35,38)/t26-,31-/m0/s1. The number of ether oxygens (including phenoxy) is 5. The normalized spacial score (nSPS) is 19.8. The van der Waals surface area contributed by atoms with E-state index in [2.05, 4.69) is 5.32 Å². The molecule has 0 aromatic heterocycles. The summed E-state index contributed by atoms with van der Waals surface area (Å²) in [7, 11) is 1.54. The van der Waals surface area contributed by atoms with E-state index in [4.69, 9.17) is 23.7 Å². The lowest BCUT2D eigenvalue weighted by atomic mass is 10.00. The molecule has 11 heteroatoms. The number of amides is 3. The van der Waals surface area contributed by atoms with E-state index in [1.54, 1.807) is 23.1 Å². The van der Waals surface area contributed by atoms with Crippen molar-refractivity contribution in [3.05, 3.63) is 77.4 Å². The monoisotopic (exact) mass is 615 g/mol. The first-order chi connectivity index (χ1) is 21.9. The van der Waals surface area contributed by atoms with Crippen LogP contribution in [-0.4, -0.2) is 79.7 Å². The Morgan fingerprint density at radius 3 is 2.73 bits per heavy atom. The highest BCUT2D eigenvalue weighted by Gasteiger charge is 2.34. The Hall–Kier alpha value is -4.77. The van der Waals surface area contributed by atoms with Gasteiger partial charge in [0.05, 0.1) is 38.8 Å². The van der Waals surface area contributed by atoms with Crippen molar-refractivity contribution in [3.63, 3.8) is 0 Å². The maximum absolute atomic E-state index is 13.6. The van der Waals surface area contributed by atoms with Crippen molar-refractivity contribution in [2.24, 2.45) is 0 Å². The fourth-order valence-corrected chi connectivity index (χ4v) is 5.86. The number of likely N-dealkylation sites (tertiary alicyclic amines) is 1. The Balaban J connectivity index is 1.24. The number of nitrogens with zero attached hydrogens (tertiary/aromatic N) is 2. The van der Waals surface area contributed by atoms with Crippen LogP contribution >= 0.6 is 0 Å². The first kappa shape index (κ1) is 30.3. The molecular weight excluding hydrogens is 578 g/mol. The molecule has 6 rings (SSSR count). The third kappa shape index (κ3) is 6.99. The average Bonchev–Trinajstić information content (AvgIpc) is 3.51. The molecule has 45 heavy (non-hydrogen) atoms. The number of methoxy groups -OCH3 is 1. The topological polar surface area (TPSA) is 116 Å². The van der Waals surface area contributed by atoms with Gasteiger partial charge in [0.15, 0.2) is 23.0 Å². The smallest absolute Gasteiger partial charge is 0.254 e. The van der Waals surface area contributed by atoms with Gasteiger partial charge < -0.3 is 38.8 Å². The Kier molecular flexibility index (Phi) is 9.06. The summed E-state index contributed by atoms with van der Waals surface area (Å²) in [6.45, 7) is 3.45. The molecule has 3 aliphatic rings. The number of piperidine rings is 1. The van der Waals surface area contributed by atoms with Crippen LogP contribution in [0, 0.1) is 0 Å². The van der Waals surface area contributed by atoms with Crippen LogP contribution in [0.4, 0.5) is 0 Å². The van der Waals surface area contributed by atoms with Crippen molar-refractivity contribution in [2.45, 2.75) is 44.9 Å². The van der Waals surface area contributed by atoms with E-state index in [-0.39, 0.29) is 50.1 Å². The Bertz CT molecular complexity index is 1580. The number of carbonyl (C=O) groups excluding carboxylic acids is 3. The molecule has 0 unspecified atom stereocenters. The highest BCUT2D eigenvalue weighted by Crippen LogP contribution is 2.34. The zero-order chi connectivity index (χ0) is 31.3. The number of nitrogens with one attached hydrogen (secondary N) is 1. The summed E-state index contributed by atoms with van der Waals surface area (Å²) in [5.41, 5.74) is 2.08. The molecule has 3 aromatic rings. The van der Waals surface area contributed by atoms with Gasteiger partial charge >= 0.3 is 0 Å². The SMILES string of the molecule is CCCN1CC(=O)N[C@H]2CCN(C(=O)Cc3ccc4c(c3)OCO4)C[C@@H]2OCc2cccc(c2)Oc2cc(ccc2OC)C1=O. The van der Waals surface area contributed by atoms with Crippen LogP contribution < -0.4 is 24.3 Å². The van der Waals surface area contributed by atoms with Crippen molar-refractivity contribution >= 4 is 17.7 Å². The summed E-state index contributed by atoms with van der Waals surface area (Å²) < 4.78 is 28.9. The predicted octanol–water partition coefficient (Wildman–Crippen LogP) is 3.93. The average molecular weight is 616 g/mol. The summed E-state index contributed by atoms with van der Waals surface area (Å²) in [5, 5.41) is 3.11. The molecule has 0 aliphatic carbocycles. The van der Waals surface area contributed by atoms with Crippen molar-refractivity contribution in [1.82, 2.24) is 15.1 Å². The number of benzene rings is 3. The predicted molar refractivity (Wildman–Crippen MR) is 164 cm³/mol. The lowest BCUT2D eigenvalue weighted by molar-refractivity contribution is -0.137. The largest absolute Gasteiger partial charge is 0.493 e. The fraction of sp³-hybridized carbons (Fsp3) is 0.382. The molecule has 3 heterocycles. The highest BCUT2D eigenvalue weighted by molar-refractivity contribution is 5.97. The maximum Gasteiger partial charge on any atom is 0.254 e. The molecule has 11 nitrogen and oxygen atoms in total. The van der Waals surface area contributed by atoms with Gasteiger partial charge in [-0.1, -0.05) is 25.1 Å². The van der Waals surface area contributed by atoms with E-state index in [0.717, 1.165) is 11.1 Å². The molecule has 3 aromatic carbocycles. The molecule has 0 radical (unpaired) electrons. The zero-order valence-electron chi connectivity index (χ0n) is 25.5. The zero-order valence-corrected chi connectivity index (χ0v) is 25.5. The lowest BCUT2D eigenvalue weighted by Crippen LogP contribution is -2.57. The van der Waals surface area contributed by atoms with Gasteiger partial charge in [-0.2, -0.15) is 0 Å². The number of rotatable bonds is 5. The molecule has 4 bridgehead atoms. The second kappa shape index (κ2) is 13.5. The molecule has 2 atom stereocenters. The number of hydrogen-bond acceptors (Lipinski definition) is 8. The van der Waals surface area contributed by atoms with Crippen molar-refractivity contribution in [1.29, 1.82) is 0 Å². The summed E-state index contributed by atoms with van der Waals surface area (Å²) in [6.07, 6.45) is 0.929. The van der Waals surface area contributed by atoms with Crippen LogP contribution in [0.25, 0.3) is 0 Å². The van der Waals surface area contributed by atoms with Crippen LogP contribution in [-0.2, 0) is 27.4 Å². The van der Waals surface area contributed by atoms with Gasteiger partial charge in [-0.15, -0.1) is 0 Å². The lowest BCUT2D eigenvalue weighted by Gasteiger charge is -2.39. The molecule has 236 valence electrons. The molecule has 3 amide bonds. The van der Waals surface area contributed by atoms with E-state index >= 15 is 0 Å². The van der Waals surface area contributed by atoms with Crippen LogP contribution in [0.5, 0.6) is 28.7 Å². The van der Waals surface area contributed by atoms with Crippen LogP contribution in [0.2, 0.25) is 0 Å². The number of fused-ring (bicyclic) bond motifs is 6. The molecule has 1 fully saturated rings. The summed E-state index contributed by atoms with van der Waals surface area (Å²) in [6, 6.07) is 17.7. The van der Waals surface area contributed by atoms with Gasteiger partial charge in [0.25, 0.3) is 5.91 Å². The summed E-state index contributed by atoms with van der Waals surface area (Å²) >= 11 is 0. The van der Waals surface area contributed by atoms with E-state index < -0.39 is 6.10 Å². The first-order valence-corrected chi connectivity index (χ1v) is 15.2. The van der Waals surface area contributed by atoms with E-state index in [9.17, 15) is 14.4 Å². The minimum Gasteiger partial charge on any atom is -0.493 e. The highest BCUT2D eigenvalue weighted by atomic mass is 16.7. The van der Waals surface area contributed by atoms with Gasteiger partial charge in [0.1, 0.15) is 5.75 Å². The minimum atomic E-state index is -0.468. The Morgan fingerprint density at radius 2 is 1.89 bits per heavy atom. The summed E-state index contributed by atoms with van der Waals surface area (Å²) in [4.78, 5) is 43.7. The van der Waals surface area contributed by atoms with Gasteiger partial charge in [0, 0.05) is 25.2 Å². The molecule has 1 saturated heterocycles. The van der Waals surface area contributed by atoms with E-state index in [0.29, 0.717) is 66.8 Å². The molecule has 3 aliphatic heterocycles. The van der Waals surface area contributed by atoms with Crippen molar-refractivity contribution < 1.29 is 38.1 Å². The number of carbonyl (C=O) groups is 3. The Morgan fingerprint density at radius 1 is 1.02 bits per heavy atom. The third-order valence-electron chi connectivity index (χ3n) is 8.17. The van der Waals surface area contributed by atoms with Crippen molar-refractivity contribution in [2.75, 3.05) is 40.1 Å². The van der Waals surface area contributed by atoms with Crippen LogP contribution in [0.3, 0.4) is 0 Å². The summed E-state index contributed by atoms with van der Waals surface area (Å²) in [5.74, 6) is 2.12. The number of hydrogen-bond donors (Lipinski definition) is 1. The maximum atomic E-state index is 13.6. The molecule has 0 saturated carbocycles. The van der Waals surface area contributed by atoms with Gasteiger partial charge in [0.2, 0.25) is 18.6 Å². The second-order valence-corrected chi connectivity index (χ2v) is 11.4. The minimum absolute atomic E-state index is 0.0420. The third-order valence-corrected chi connectivity index (χ3v) is 8.17. The quantitative estimate of drug-likeness (QED) is 0.459. The van der Waals surface area contributed by atoms with E-state index in [1.165, 1.54) is 12.0 Å².